The molecule has 2 N–H and O–H groups in total. The van der Waals surface area contributed by atoms with Gasteiger partial charge in [0, 0.05) is 13.1 Å². The van der Waals surface area contributed by atoms with E-state index in [1.807, 2.05) is 0 Å². The third-order valence-corrected chi connectivity index (χ3v) is 2.86. The standard InChI is InChI=1S/C13H22N2O5/c1-13(2,3)20-12(19)15-6-4-5-9(8-15)11(18)14-7-10(16)17/h9H,4-8H2,1-3H3,(H,14,18)(H,16,17). The predicted octanol–water partition coefficient (Wildman–Crippen LogP) is 0.834. The molecule has 0 aromatic rings. The van der Waals surface area contributed by atoms with Gasteiger partial charge in [0.15, 0.2) is 0 Å². The van der Waals surface area contributed by atoms with Crippen molar-refractivity contribution in [2.45, 2.75) is 39.2 Å². The van der Waals surface area contributed by atoms with Gasteiger partial charge in [-0.3, -0.25) is 9.59 Å². The van der Waals surface area contributed by atoms with Crippen LogP contribution in [0.1, 0.15) is 33.6 Å². The quantitative estimate of drug-likeness (QED) is 0.801. The van der Waals surface area contributed by atoms with Crippen LogP contribution in [0.15, 0.2) is 0 Å². The molecule has 7 heteroatoms. The van der Waals surface area contributed by atoms with Crippen molar-refractivity contribution in [3.05, 3.63) is 0 Å². The molecular weight excluding hydrogens is 264 g/mol. The van der Waals surface area contributed by atoms with E-state index in [-0.39, 0.29) is 18.4 Å². The topological polar surface area (TPSA) is 95.9 Å². The first-order chi connectivity index (χ1) is 9.19. The molecule has 1 heterocycles. The maximum absolute atomic E-state index is 11.9. The van der Waals surface area contributed by atoms with Crippen LogP contribution in [0.4, 0.5) is 4.79 Å². The Labute approximate surface area is 118 Å². The van der Waals surface area contributed by atoms with Crippen LogP contribution in [0.3, 0.4) is 0 Å². The molecule has 1 unspecified atom stereocenters. The lowest BCUT2D eigenvalue weighted by atomic mass is 9.97. The molecule has 1 saturated heterocycles. The highest BCUT2D eigenvalue weighted by Crippen LogP contribution is 2.19. The molecule has 1 fully saturated rings. The summed E-state index contributed by atoms with van der Waals surface area (Å²) in [6, 6.07) is 0. The molecule has 7 nitrogen and oxygen atoms in total. The second-order valence-corrected chi connectivity index (χ2v) is 5.88. The highest BCUT2D eigenvalue weighted by molar-refractivity contribution is 5.83. The fourth-order valence-corrected chi connectivity index (χ4v) is 1.99. The molecule has 0 radical (unpaired) electrons. The van der Waals surface area contributed by atoms with Gasteiger partial charge in [-0.15, -0.1) is 0 Å². The van der Waals surface area contributed by atoms with E-state index in [2.05, 4.69) is 5.32 Å². The number of amides is 2. The number of aliphatic carboxylic acids is 1. The van der Waals surface area contributed by atoms with Crippen molar-refractivity contribution >= 4 is 18.0 Å². The summed E-state index contributed by atoms with van der Waals surface area (Å²) in [6.07, 6.45) is 0.906. The molecule has 1 rings (SSSR count). The number of hydrogen-bond donors (Lipinski definition) is 2. The lowest BCUT2D eigenvalue weighted by Gasteiger charge is -2.33. The van der Waals surface area contributed by atoms with E-state index in [0.717, 1.165) is 0 Å². The van der Waals surface area contributed by atoms with Gasteiger partial charge in [-0.1, -0.05) is 0 Å². The van der Waals surface area contributed by atoms with Crippen LogP contribution in [0.5, 0.6) is 0 Å². The number of nitrogens with zero attached hydrogens (tertiary/aromatic N) is 1. The summed E-state index contributed by atoms with van der Waals surface area (Å²) < 4.78 is 5.26. The van der Waals surface area contributed by atoms with Crippen molar-refractivity contribution < 1.29 is 24.2 Å². The second kappa shape index (κ2) is 6.58. The largest absolute Gasteiger partial charge is 0.480 e. The van der Waals surface area contributed by atoms with Crippen molar-refractivity contribution in [2.75, 3.05) is 19.6 Å². The summed E-state index contributed by atoms with van der Waals surface area (Å²) in [7, 11) is 0. The van der Waals surface area contributed by atoms with Gasteiger partial charge < -0.3 is 20.1 Å². The van der Waals surface area contributed by atoms with Gasteiger partial charge in [0.05, 0.1) is 5.92 Å². The molecule has 0 aromatic heterocycles. The fourth-order valence-electron chi connectivity index (χ4n) is 1.99. The summed E-state index contributed by atoms with van der Waals surface area (Å²) in [6.45, 7) is 5.77. The SMILES string of the molecule is CC(C)(C)OC(=O)N1CCCC(C(=O)NCC(=O)O)C1. The molecule has 114 valence electrons. The lowest BCUT2D eigenvalue weighted by Crippen LogP contribution is -2.47. The van der Waals surface area contributed by atoms with Gasteiger partial charge in [0.25, 0.3) is 0 Å². The molecule has 0 spiro atoms. The van der Waals surface area contributed by atoms with E-state index in [1.54, 1.807) is 20.8 Å². The minimum Gasteiger partial charge on any atom is -0.480 e. The summed E-state index contributed by atoms with van der Waals surface area (Å²) in [4.78, 5) is 35.6. The Balaban J connectivity index is 2.51. The first-order valence-electron chi connectivity index (χ1n) is 6.66. The molecule has 0 aromatic carbocycles. The number of piperidine rings is 1. The third-order valence-electron chi connectivity index (χ3n) is 2.86. The average molecular weight is 286 g/mol. The molecule has 1 aliphatic heterocycles. The van der Waals surface area contributed by atoms with Crippen LogP contribution in [-0.2, 0) is 14.3 Å². The van der Waals surface area contributed by atoms with Crippen molar-refractivity contribution in [1.82, 2.24) is 10.2 Å². The van der Waals surface area contributed by atoms with Crippen molar-refractivity contribution in [3.8, 4) is 0 Å². The Morgan fingerprint density at radius 3 is 2.55 bits per heavy atom. The fraction of sp³-hybridized carbons (Fsp3) is 0.769. The van der Waals surface area contributed by atoms with Crippen LogP contribution in [-0.4, -0.2) is 53.2 Å². The van der Waals surface area contributed by atoms with Gasteiger partial charge in [0.1, 0.15) is 12.1 Å². The zero-order valence-corrected chi connectivity index (χ0v) is 12.1. The summed E-state index contributed by atoms with van der Waals surface area (Å²) in [5.74, 6) is -1.80. The summed E-state index contributed by atoms with van der Waals surface area (Å²) >= 11 is 0. The van der Waals surface area contributed by atoms with Gasteiger partial charge in [-0.25, -0.2) is 4.79 Å². The first kappa shape index (κ1) is 16.3. The molecule has 2 amide bonds. The van der Waals surface area contributed by atoms with Gasteiger partial charge >= 0.3 is 12.1 Å². The molecule has 0 saturated carbocycles. The number of nitrogens with one attached hydrogen (secondary N) is 1. The Kier molecular flexibility index (Phi) is 5.35. The van der Waals surface area contributed by atoms with Crippen molar-refractivity contribution in [2.24, 2.45) is 5.92 Å². The van der Waals surface area contributed by atoms with Crippen LogP contribution in [0, 0.1) is 5.92 Å². The maximum atomic E-state index is 11.9. The molecule has 0 bridgehead atoms. The van der Waals surface area contributed by atoms with Crippen LogP contribution in [0.2, 0.25) is 0 Å². The lowest BCUT2D eigenvalue weighted by molar-refractivity contribution is -0.138. The van der Waals surface area contributed by atoms with Gasteiger partial charge in [0.2, 0.25) is 5.91 Å². The predicted molar refractivity (Wildman–Crippen MR) is 71.2 cm³/mol. The number of hydrogen-bond acceptors (Lipinski definition) is 4. The zero-order valence-electron chi connectivity index (χ0n) is 12.1. The summed E-state index contributed by atoms with van der Waals surface area (Å²) in [5, 5.41) is 10.9. The minimum atomic E-state index is -1.09. The van der Waals surface area contributed by atoms with Crippen LogP contribution in [0.25, 0.3) is 0 Å². The summed E-state index contributed by atoms with van der Waals surface area (Å²) in [5.41, 5.74) is -0.574. The van der Waals surface area contributed by atoms with Gasteiger partial charge in [-0.05, 0) is 33.6 Å². The average Bonchev–Trinajstić information content (AvgIpc) is 2.34. The van der Waals surface area contributed by atoms with E-state index < -0.39 is 24.2 Å². The Morgan fingerprint density at radius 1 is 1.35 bits per heavy atom. The number of carboxylic acids is 1. The minimum absolute atomic E-state index is 0.264. The third kappa shape index (κ3) is 5.46. The number of carboxylic acid groups (broad SMARTS) is 1. The number of carbonyl (C=O) groups is 3. The molecule has 20 heavy (non-hydrogen) atoms. The maximum Gasteiger partial charge on any atom is 0.410 e. The Morgan fingerprint density at radius 2 is 2.00 bits per heavy atom. The Bertz CT molecular complexity index is 389. The molecular formula is C13H22N2O5. The van der Waals surface area contributed by atoms with Gasteiger partial charge in [-0.2, -0.15) is 0 Å². The van der Waals surface area contributed by atoms with Crippen molar-refractivity contribution in [1.29, 1.82) is 0 Å². The molecule has 1 aliphatic rings. The second-order valence-electron chi connectivity index (χ2n) is 5.88. The normalized spacial score (nSPS) is 19.4. The first-order valence-corrected chi connectivity index (χ1v) is 6.66. The van der Waals surface area contributed by atoms with E-state index in [0.29, 0.717) is 19.4 Å². The number of rotatable bonds is 3. The van der Waals surface area contributed by atoms with Crippen LogP contribution >= 0.6 is 0 Å². The van der Waals surface area contributed by atoms with E-state index in [1.165, 1.54) is 4.90 Å². The molecule has 0 aliphatic carbocycles. The van der Waals surface area contributed by atoms with E-state index in [4.69, 9.17) is 9.84 Å². The monoisotopic (exact) mass is 286 g/mol. The Hall–Kier alpha value is -1.79. The van der Waals surface area contributed by atoms with E-state index in [9.17, 15) is 14.4 Å². The zero-order chi connectivity index (χ0) is 15.3. The van der Waals surface area contributed by atoms with E-state index >= 15 is 0 Å². The smallest absolute Gasteiger partial charge is 0.410 e. The van der Waals surface area contributed by atoms with Crippen molar-refractivity contribution in [3.63, 3.8) is 0 Å². The number of ether oxygens (including phenoxy) is 1. The number of carbonyl (C=O) groups excluding carboxylic acids is 2. The van der Waals surface area contributed by atoms with Crippen LogP contribution < -0.4 is 5.32 Å². The highest BCUT2D eigenvalue weighted by Gasteiger charge is 2.30. The molecule has 1 atom stereocenters. The number of likely N-dealkylation sites (tertiary alicyclic amines) is 1. The highest BCUT2D eigenvalue weighted by atomic mass is 16.6.